The molecule has 4 nitrogen and oxygen atoms in total. The zero-order chi connectivity index (χ0) is 10.3. The van der Waals surface area contributed by atoms with E-state index in [1.165, 1.54) is 6.39 Å². The molecule has 1 aliphatic rings. The van der Waals surface area contributed by atoms with E-state index in [4.69, 9.17) is 13.9 Å². The van der Waals surface area contributed by atoms with Gasteiger partial charge in [0.2, 0.25) is 6.79 Å². The molecule has 15 heavy (non-hydrogen) atoms. The van der Waals surface area contributed by atoms with E-state index in [0.717, 1.165) is 21.5 Å². The van der Waals surface area contributed by atoms with Crippen molar-refractivity contribution in [3.63, 3.8) is 0 Å². The Kier molecular flexibility index (Phi) is 1.92. The molecule has 0 aliphatic carbocycles. The third-order valence-electron chi connectivity index (χ3n) is 2.16. The molecule has 0 amide bonds. The van der Waals surface area contributed by atoms with Crippen LogP contribution < -0.4 is 9.47 Å². The van der Waals surface area contributed by atoms with E-state index in [1.807, 2.05) is 12.1 Å². The Morgan fingerprint density at radius 2 is 2.00 bits per heavy atom. The maximum atomic E-state index is 5.29. The lowest BCUT2D eigenvalue weighted by Gasteiger charge is -2.02. The molecule has 1 aliphatic heterocycles. The van der Waals surface area contributed by atoms with E-state index in [0.29, 0.717) is 5.76 Å². The number of aromatic nitrogens is 1. The minimum absolute atomic E-state index is 0.266. The van der Waals surface area contributed by atoms with Gasteiger partial charge in [-0.3, -0.25) is 0 Å². The van der Waals surface area contributed by atoms with E-state index in [-0.39, 0.29) is 6.79 Å². The fourth-order valence-corrected chi connectivity index (χ4v) is 1.97. The van der Waals surface area contributed by atoms with Crippen LogP contribution in [0.15, 0.2) is 33.6 Å². The zero-order valence-corrected chi connectivity index (χ0v) is 9.15. The Morgan fingerprint density at radius 3 is 2.73 bits per heavy atom. The van der Waals surface area contributed by atoms with Crippen molar-refractivity contribution >= 4 is 15.9 Å². The van der Waals surface area contributed by atoms with Crippen molar-refractivity contribution in [1.82, 2.24) is 4.98 Å². The molecule has 0 saturated carbocycles. The maximum Gasteiger partial charge on any atom is 0.231 e. The molecule has 0 atom stereocenters. The molecule has 0 radical (unpaired) electrons. The first-order chi connectivity index (χ1) is 7.34. The summed E-state index contributed by atoms with van der Waals surface area (Å²) in [6.07, 6.45) is 3.05. The number of hydrogen-bond acceptors (Lipinski definition) is 4. The molecular weight excluding hydrogens is 262 g/mol. The Balaban J connectivity index is 2.17. The molecule has 1 aromatic carbocycles. The van der Waals surface area contributed by atoms with E-state index in [2.05, 4.69) is 20.9 Å². The van der Waals surface area contributed by atoms with Gasteiger partial charge in [0.1, 0.15) is 0 Å². The van der Waals surface area contributed by atoms with E-state index < -0.39 is 0 Å². The molecule has 0 N–H and O–H groups in total. The van der Waals surface area contributed by atoms with E-state index in [1.54, 1.807) is 6.20 Å². The number of halogens is 1. The highest BCUT2D eigenvalue weighted by atomic mass is 79.9. The molecular formula is C10H6BrNO3. The molecule has 0 saturated heterocycles. The van der Waals surface area contributed by atoms with Gasteiger partial charge in [-0.1, -0.05) is 0 Å². The summed E-state index contributed by atoms with van der Waals surface area (Å²) in [7, 11) is 0. The Bertz CT molecular complexity index is 496. The molecule has 0 bridgehead atoms. The van der Waals surface area contributed by atoms with Crippen LogP contribution in [0.2, 0.25) is 0 Å². The number of benzene rings is 1. The molecule has 5 heteroatoms. The normalized spacial score (nSPS) is 13.1. The van der Waals surface area contributed by atoms with Crippen molar-refractivity contribution in [2.24, 2.45) is 0 Å². The van der Waals surface area contributed by atoms with E-state index in [9.17, 15) is 0 Å². The quantitative estimate of drug-likeness (QED) is 0.797. The van der Waals surface area contributed by atoms with Crippen molar-refractivity contribution < 1.29 is 13.9 Å². The van der Waals surface area contributed by atoms with E-state index >= 15 is 0 Å². The molecule has 0 spiro atoms. The first-order valence-corrected chi connectivity index (χ1v) is 5.12. The van der Waals surface area contributed by atoms with Crippen LogP contribution in [0, 0.1) is 0 Å². The molecule has 0 fully saturated rings. The zero-order valence-electron chi connectivity index (χ0n) is 7.57. The van der Waals surface area contributed by atoms with Crippen LogP contribution in [-0.4, -0.2) is 11.8 Å². The molecule has 76 valence electrons. The minimum atomic E-state index is 0.266. The fraction of sp³-hybridized carbons (Fsp3) is 0.100. The summed E-state index contributed by atoms with van der Waals surface area (Å²) >= 11 is 3.45. The van der Waals surface area contributed by atoms with Gasteiger partial charge in [0.05, 0.1) is 6.20 Å². The van der Waals surface area contributed by atoms with Crippen molar-refractivity contribution in [1.29, 1.82) is 0 Å². The lowest BCUT2D eigenvalue weighted by molar-refractivity contribution is 0.174. The largest absolute Gasteiger partial charge is 0.454 e. The summed E-state index contributed by atoms with van der Waals surface area (Å²) in [4.78, 5) is 3.87. The van der Waals surface area contributed by atoms with Crippen molar-refractivity contribution in [3.05, 3.63) is 29.2 Å². The van der Waals surface area contributed by atoms with Gasteiger partial charge in [-0.15, -0.1) is 0 Å². The SMILES string of the molecule is Brc1cc2c(cc1-c1cnco1)OCO2. The van der Waals surface area contributed by atoms with Crippen LogP contribution in [0.4, 0.5) is 0 Å². The number of hydrogen-bond donors (Lipinski definition) is 0. The van der Waals surface area contributed by atoms with Crippen LogP contribution in [0.25, 0.3) is 11.3 Å². The summed E-state index contributed by atoms with van der Waals surface area (Å²) < 4.78 is 16.7. The second kappa shape index (κ2) is 3.27. The third-order valence-corrected chi connectivity index (χ3v) is 2.82. The van der Waals surface area contributed by atoms with Gasteiger partial charge < -0.3 is 13.9 Å². The van der Waals surface area contributed by atoms with Gasteiger partial charge >= 0.3 is 0 Å². The van der Waals surface area contributed by atoms with Crippen molar-refractivity contribution in [2.75, 3.05) is 6.79 Å². The lowest BCUT2D eigenvalue weighted by Crippen LogP contribution is -1.92. The van der Waals surface area contributed by atoms with Crippen LogP contribution >= 0.6 is 15.9 Å². The van der Waals surface area contributed by atoms with Gasteiger partial charge in [0, 0.05) is 10.0 Å². The summed E-state index contributed by atoms with van der Waals surface area (Å²) in [5.41, 5.74) is 0.900. The summed E-state index contributed by atoms with van der Waals surface area (Å²) in [5, 5.41) is 0. The average Bonchev–Trinajstić information content (AvgIpc) is 2.85. The highest BCUT2D eigenvalue weighted by Crippen LogP contribution is 2.40. The van der Waals surface area contributed by atoms with Gasteiger partial charge in [0.15, 0.2) is 23.7 Å². The van der Waals surface area contributed by atoms with Crippen LogP contribution in [-0.2, 0) is 0 Å². The van der Waals surface area contributed by atoms with Gasteiger partial charge in [0.25, 0.3) is 0 Å². The standard InChI is InChI=1S/C10H6BrNO3/c11-7-2-9-8(14-5-15-9)1-6(7)10-3-12-4-13-10/h1-4H,5H2. The number of fused-ring (bicyclic) bond motifs is 1. The maximum absolute atomic E-state index is 5.29. The van der Waals surface area contributed by atoms with Crippen LogP contribution in [0.1, 0.15) is 0 Å². The molecule has 3 rings (SSSR count). The van der Waals surface area contributed by atoms with Crippen LogP contribution in [0.5, 0.6) is 11.5 Å². The first-order valence-electron chi connectivity index (χ1n) is 4.32. The predicted molar refractivity (Wildman–Crippen MR) is 55.8 cm³/mol. The first kappa shape index (κ1) is 8.79. The highest BCUT2D eigenvalue weighted by molar-refractivity contribution is 9.10. The number of oxazole rings is 1. The van der Waals surface area contributed by atoms with Gasteiger partial charge in [-0.05, 0) is 28.1 Å². The monoisotopic (exact) mass is 267 g/mol. The van der Waals surface area contributed by atoms with Crippen molar-refractivity contribution in [2.45, 2.75) is 0 Å². The van der Waals surface area contributed by atoms with Gasteiger partial charge in [-0.25, -0.2) is 4.98 Å². The number of ether oxygens (including phenoxy) is 2. The molecule has 2 aromatic rings. The topological polar surface area (TPSA) is 44.5 Å². The summed E-state index contributed by atoms with van der Waals surface area (Å²) in [6, 6.07) is 3.73. The second-order valence-corrected chi connectivity index (χ2v) is 3.91. The third kappa shape index (κ3) is 1.39. The Labute approximate surface area is 94.0 Å². The number of rotatable bonds is 1. The Hall–Kier alpha value is -1.49. The average molecular weight is 268 g/mol. The summed E-state index contributed by atoms with van der Waals surface area (Å²) in [6.45, 7) is 0.266. The van der Waals surface area contributed by atoms with Crippen LogP contribution in [0.3, 0.4) is 0 Å². The Morgan fingerprint density at radius 1 is 1.20 bits per heavy atom. The predicted octanol–water partition coefficient (Wildman–Crippen LogP) is 2.83. The highest BCUT2D eigenvalue weighted by Gasteiger charge is 2.18. The van der Waals surface area contributed by atoms with Gasteiger partial charge in [-0.2, -0.15) is 0 Å². The smallest absolute Gasteiger partial charge is 0.231 e. The minimum Gasteiger partial charge on any atom is -0.454 e. The fourth-order valence-electron chi connectivity index (χ4n) is 1.45. The second-order valence-electron chi connectivity index (χ2n) is 3.05. The lowest BCUT2D eigenvalue weighted by atomic mass is 10.1. The van der Waals surface area contributed by atoms with Crippen molar-refractivity contribution in [3.8, 4) is 22.8 Å². The molecule has 1 aromatic heterocycles. The molecule has 2 heterocycles. The summed E-state index contributed by atoms with van der Waals surface area (Å²) in [5.74, 6) is 2.16. The number of nitrogens with zero attached hydrogens (tertiary/aromatic N) is 1. The molecule has 0 unspecified atom stereocenters.